The standard InChI is InChI=1S/C28H35P/c1-8-9-10-25-11-13-26(14-12-25)29(27-17-21(4)19(2)15-23(27)6)28-18-22(5)20(3)16-24(28)7/h11-18H,8-10H2,1-7H3. The number of aryl methyl sites for hydroxylation is 7. The lowest BCUT2D eigenvalue weighted by atomic mass is 10.1. The molecule has 0 bridgehead atoms. The molecule has 0 nitrogen and oxygen atoms in total. The summed E-state index contributed by atoms with van der Waals surface area (Å²) in [6, 6.07) is 19.1. The molecule has 0 aliphatic carbocycles. The predicted octanol–water partition coefficient (Wildman–Crippen LogP) is 6.64. The molecule has 1 heteroatoms. The molecule has 0 aromatic heterocycles. The lowest BCUT2D eigenvalue weighted by Crippen LogP contribution is -2.25. The van der Waals surface area contributed by atoms with Crippen LogP contribution in [0, 0.1) is 41.5 Å². The van der Waals surface area contributed by atoms with Gasteiger partial charge in [-0.2, -0.15) is 0 Å². The lowest BCUT2D eigenvalue weighted by Gasteiger charge is -2.25. The van der Waals surface area contributed by atoms with Crippen LogP contribution in [0.1, 0.15) is 58.7 Å². The molecule has 3 aromatic carbocycles. The van der Waals surface area contributed by atoms with Crippen LogP contribution in [-0.4, -0.2) is 0 Å². The third kappa shape index (κ3) is 4.81. The van der Waals surface area contributed by atoms with Gasteiger partial charge in [0.15, 0.2) is 0 Å². The van der Waals surface area contributed by atoms with E-state index in [2.05, 4.69) is 97.0 Å². The Morgan fingerprint density at radius 1 is 0.586 bits per heavy atom. The zero-order chi connectivity index (χ0) is 21.1. The zero-order valence-electron chi connectivity index (χ0n) is 19.2. The highest BCUT2D eigenvalue weighted by Crippen LogP contribution is 2.37. The van der Waals surface area contributed by atoms with E-state index >= 15 is 0 Å². The van der Waals surface area contributed by atoms with Gasteiger partial charge in [-0.1, -0.05) is 61.9 Å². The Hall–Kier alpha value is -1.91. The fraction of sp³-hybridized carbons (Fsp3) is 0.357. The van der Waals surface area contributed by atoms with Crippen LogP contribution >= 0.6 is 7.92 Å². The Morgan fingerprint density at radius 3 is 1.48 bits per heavy atom. The molecule has 3 aromatic rings. The Labute approximate surface area is 179 Å². The normalized spacial score (nSPS) is 11.3. The van der Waals surface area contributed by atoms with Gasteiger partial charge >= 0.3 is 0 Å². The van der Waals surface area contributed by atoms with Gasteiger partial charge < -0.3 is 0 Å². The second-order valence-electron chi connectivity index (χ2n) is 8.55. The summed E-state index contributed by atoms with van der Waals surface area (Å²) in [7, 11) is -0.570. The molecule has 152 valence electrons. The molecule has 0 N–H and O–H groups in total. The molecule has 0 atom stereocenters. The molecule has 0 amide bonds. The van der Waals surface area contributed by atoms with Gasteiger partial charge in [0, 0.05) is 0 Å². The van der Waals surface area contributed by atoms with E-state index in [4.69, 9.17) is 0 Å². The van der Waals surface area contributed by atoms with Crippen LogP contribution in [0.3, 0.4) is 0 Å². The molecule has 3 rings (SSSR count). The second kappa shape index (κ2) is 9.27. The van der Waals surface area contributed by atoms with Crippen molar-refractivity contribution in [1.29, 1.82) is 0 Å². The van der Waals surface area contributed by atoms with Crippen molar-refractivity contribution in [3.05, 3.63) is 87.5 Å². The first-order valence-corrected chi connectivity index (χ1v) is 12.2. The van der Waals surface area contributed by atoms with Crippen molar-refractivity contribution in [3.8, 4) is 0 Å². The summed E-state index contributed by atoms with van der Waals surface area (Å²) >= 11 is 0. The van der Waals surface area contributed by atoms with E-state index in [0.717, 1.165) is 0 Å². The van der Waals surface area contributed by atoms with Crippen molar-refractivity contribution in [3.63, 3.8) is 0 Å². The minimum atomic E-state index is -0.570. The van der Waals surface area contributed by atoms with Crippen LogP contribution in [-0.2, 0) is 6.42 Å². The van der Waals surface area contributed by atoms with Crippen molar-refractivity contribution in [1.82, 2.24) is 0 Å². The molecule has 29 heavy (non-hydrogen) atoms. The topological polar surface area (TPSA) is 0 Å². The van der Waals surface area contributed by atoms with E-state index in [9.17, 15) is 0 Å². The molecular weight excluding hydrogens is 367 g/mol. The summed E-state index contributed by atoms with van der Waals surface area (Å²) < 4.78 is 0. The number of hydrogen-bond acceptors (Lipinski definition) is 0. The minimum absolute atomic E-state index is 0.570. The summed E-state index contributed by atoms with van der Waals surface area (Å²) in [6.45, 7) is 15.8. The highest BCUT2D eigenvalue weighted by molar-refractivity contribution is 7.80. The second-order valence-corrected chi connectivity index (χ2v) is 10.7. The van der Waals surface area contributed by atoms with Crippen LogP contribution in [0.5, 0.6) is 0 Å². The molecule has 0 fully saturated rings. The van der Waals surface area contributed by atoms with E-state index in [1.54, 1.807) is 0 Å². The molecule has 0 saturated heterocycles. The van der Waals surface area contributed by atoms with E-state index in [1.807, 2.05) is 0 Å². The Kier molecular flexibility index (Phi) is 6.97. The van der Waals surface area contributed by atoms with Crippen molar-refractivity contribution in [2.45, 2.75) is 67.7 Å². The summed E-state index contributed by atoms with van der Waals surface area (Å²) in [5, 5.41) is 4.45. The van der Waals surface area contributed by atoms with Crippen LogP contribution in [0.4, 0.5) is 0 Å². The molecule has 0 spiro atoms. The summed E-state index contributed by atoms with van der Waals surface area (Å²) in [6.07, 6.45) is 3.69. The van der Waals surface area contributed by atoms with E-state index in [0.29, 0.717) is 0 Å². The van der Waals surface area contributed by atoms with Gasteiger partial charge in [0.2, 0.25) is 0 Å². The van der Waals surface area contributed by atoms with Gasteiger partial charge in [0.25, 0.3) is 0 Å². The van der Waals surface area contributed by atoms with Crippen LogP contribution in [0.25, 0.3) is 0 Å². The number of unbranched alkanes of at least 4 members (excludes halogenated alkanes) is 1. The van der Waals surface area contributed by atoms with Gasteiger partial charge in [0.05, 0.1) is 0 Å². The number of rotatable bonds is 6. The Morgan fingerprint density at radius 2 is 1.03 bits per heavy atom. The summed E-state index contributed by atoms with van der Waals surface area (Å²) in [5.41, 5.74) is 9.82. The fourth-order valence-corrected chi connectivity index (χ4v) is 6.72. The Balaban J connectivity index is 2.18. The first-order valence-electron chi connectivity index (χ1n) is 10.9. The zero-order valence-corrected chi connectivity index (χ0v) is 20.1. The maximum absolute atomic E-state index is 2.44. The van der Waals surface area contributed by atoms with E-state index < -0.39 is 7.92 Å². The fourth-order valence-electron chi connectivity index (χ4n) is 3.97. The van der Waals surface area contributed by atoms with Gasteiger partial charge in [-0.05, 0) is 117 Å². The highest BCUT2D eigenvalue weighted by atomic mass is 31.1. The van der Waals surface area contributed by atoms with Crippen LogP contribution < -0.4 is 15.9 Å². The molecule has 0 aliphatic rings. The molecule has 0 unspecified atom stereocenters. The largest absolute Gasteiger partial charge is 0.0654 e. The molecule has 0 heterocycles. The molecule has 0 saturated carbocycles. The quantitative estimate of drug-likeness (QED) is 0.406. The van der Waals surface area contributed by atoms with E-state index in [-0.39, 0.29) is 0 Å². The van der Waals surface area contributed by atoms with Crippen molar-refractivity contribution >= 4 is 23.8 Å². The predicted molar refractivity (Wildman–Crippen MR) is 132 cm³/mol. The van der Waals surface area contributed by atoms with Crippen molar-refractivity contribution in [2.24, 2.45) is 0 Å². The van der Waals surface area contributed by atoms with Gasteiger partial charge in [0.1, 0.15) is 0 Å². The monoisotopic (exact) mass is 402 g/mol. The third-order valence-electron chi connectivity index (χ3n) is 6.12. The highest BCUT2D eigenvalue weighted by Gasteiger charge is 2.21. The van der Waals surface area contributed by atoms with Crippen molar-refractivity contribution in [2.75, 3.05) is 0 Å². The maximum atomic E-state index is 2.44. The summed E-state index contributed by atoms with van der Waals surface area (Å²) in [4.78, 5) is 0. The molecular formula is C28H35P. The molecule has 0 radical (unpaired) electrons. The molecule has 0 aliphatic heterocycles. The number of hydrogen-bond donors (Lipinski definition) is 0. The van der Waals surface area contributed by atoms with Gasteiger partial charge in [-0.3, -0.25) is 0 Å². The maximum Gasteiger partial charge on any atom is -0.0119 e. The Bertz CT molecular complexity index is 938. The van der Waals surface area contributed by atoms with Gasteiger partial charge in [-0.25, -0.2) is 0 Å². The van der Waals surface area contributed by atoms with Crippen molar-refractivity contribution < 1.29 is 0 Å². The minimum Gasteiger partial charge on any atom is -0.0654 e. The van der Waals surface area contributed by atoms with E-state index in [1.165, 1.54) is 74.1 Å². The number of benzene rings is 3. The van der Waals surface area contributed by atoms with Crippen LogP contribution in [0.2, 0.25) is 0 Å². The third-order valence-corrected chi connectivity index (χ3v) is 8.86. The average molecular weight is 403 g/mol. The first-order chi connectivity index (χ1) is 13.8. The van der Waals surface area contributed by atoms with Crippen LogP contribution in [0.15, 0.2) is 48.5 Å². The average Bonchev–Trinajstić information content (AvgIpc) is 2.69. The SMILES string of the molecule is CCCCc1ccc(P(c2cc(C)c(C)cc2C)c2cc(C)c(C)cc2C)cc1. The lowest BCUT2D eigenvalue weighted by molar-refractivity contribution is 0.795. The smallest absolute Gasteiger partial charge is 0.0119 e. The first kappa shape index (κ1) is 21.8. The van der Waals surface area contributed by atoms with Gasteiger partial charge in [-0.15, -0.1) is 0 Å². The summed E-state index contributed by atoms with van der Waals surface area (Å²) in [5.74, 6) is 0.